The molecule has 5 heteroatoms. The molecule has 1 unspecified atom stereocenters. The summed E-state index contributed by atoms with van der Waals surface area (Å²) in [7, 11) is 0. The molecule has 1 atom stereocenters. The molecule has 1 aromatic carbocycles. The third-order valence-corrected chi connectivity index (χ3v) is 3.31. The number of rotatable bonds is 7. The van der Waals surface area contributed by atoms with Gasteiger partial charge in [0, 0.05) is 5.75 Å². The molecule has 3 N–H and O–H groups in total. The second-order valence-electron chi connectivity index (χ2n) is 3.82. The lowest BCUT2D eigenvalue weighted by Gasteiger charge is -2.08. The second-order valence-corrected chi connectivity index (χ2v) is 4.97. The molecule has 0 amide bonds. The molecule has 0 radical (unpaired) electrons. The van der Waals surface area contributed by atoms with Crippen LogP contribution in [-0.4, -0.2) is 28.3 Å². The predicted octanol–water partition coefficient (Wildman–Crippen LogP) is 1.29. The average molecular weight is 267 g/mol. The first-order valence-electron chi connectivity index (χ1n) is 5.76. The Morgan fingerprint density at radius 3 is 2.56 bits per heavy atom. The zero-order valence-electron chi connectivity index (χ0n) is 10.0. The smallest absolute Gasteiger partial charge is 0.196 e. The molecule has 18 heavy (non-hydrogen) atoms. The molecule has 0 saturated carbocycles. The van der Waals surface area contributed by atoms with Crippen LogP contribution in [0.4, 0.5) is 0 Å². The van der Waals surface area contributed by atoms with Crippen molar-refractivity contribution in [1.82, 2.24) is 0 Å². The van der Waals surface area contributed by atoms with Gasteiger partial charge in [-0.1, -0.05) is 42.1 Å². The Morgan fingerprint density at radius 1 is 1.28 bits per heavy atom. The number of aliphatic hydroxyl groups excluding tert-OH is 1. The maximum atomic E-state index is 11.7. The fourth-order valence-electron chi connectivity index (χ4n) is 1.38. The Hall–Kier alpha value is -1.17. The van der Waals surface area contributed by atoms with E-state index in [9.17, 15) is 14.7 Å². The van der Waals surface area contributed by atoms with Crippen LogP contribution in [0.15, 0.2) is 30.3 Å². The number of thioether (sulfide) groups is 1. The number of ketones is 1. The van der Waals surface area contributed by atoms with E-state index in [1.54, 1.807) is 30.3 Å². The lowest BCUT2D eigenvalue weighted by molar-refractivity contribution is -0.130. The van der Waals surface area contributed by atoms with Gasteiger partial charge >= 0.3 is 0 Å². The van der Waals surface area contributed by atoms with E-state index in [4.69, 9.17) is 5.73 Å². The van der Waals surface area contributed by atoms with Gasteiger partial charge in [0.1, 0.15) is 6.10 Å². The summed E-state index contributed by atoms with van der Waals surface area (Å²) < 4.78 is 0. The summed E-state index contributed by atoms with van der Waals surface area (Å²) >= 11 is 1.09. The standard InChI is InChI=1S/C13H17NO3S/c14-7-4-8-18-12(16)9-11(15)13(17)10-5-2-1-3-6-10/h1-3,5-6,13,17H,4,7-9,14H2. The normalized spacial score (nSPS) is 12.1. The summed E-state index contributed by atoms with van der Waals surface area (Å²) in [6, 6.07) is 8.60. The summed E-state index contributed by atoms with van der Waals surface area (Å²) in [4.78, 5) is 23.1. The highest BCUT2D eigenvalue weighted by Crippen LogP contribution is 2.17. The minimum atomic E-state index is -1.22. The predicted molar refractivity (Wildman–Crippen MR) is 72.2 cm³/mol. The van der Waals surface area contributed by atoms with Gasteiger partial charge < -0.3 is 10.8 Å². The molecule has 0 aromatic heterocycles. The summed E-state index contributed by atoms with van der Waals surface area (Å²) in [5, 5.41) is 9.56. The van der Waals surface area contributed by atoms with Crippen molar-refractivity contribution < 1.29 is 14.7 Å². The number of nitrogens with two attached hydrogens (primary N) is 1. The third-order valence-electron chi connectivity index (χ3n) is 2.35. The fourth-order valence-corrected chi connectivity index (χ4v) is 2.16. The highest BCUT2D eigenvalue weighted by Gasteiger charge is 2.20. The zero-order chi connectivity index (χ0) is 13.4. The molecule has 0 aliphatic carbocycles. The van der Waals surface area contributed by atoms with Crippen molar-refractivity contribution in [2.24, 2.45) is 5.73 Å². The molecule has 4 nitrogen and oxygen atoms in total. The van der Waals surface area contributed by atoms with Crippen molar-refractivity contribution in [2.75, 3.05) is 12.3 Å². The Balaban J connectivity index is 2.43. The molecule has 1 aromatic rings. The topological polar surface area (TPSA) is 80.4 Å². The van der Waals surface area contributed by atoms with Crippen molar-refractivity contribution in [3.8, 4) is 0 Å². The molecule has 0 bridgehead atoms. The van der Waals surface area contributed by atoms with Gasteiger partial charge in [-0.3, -0.25) is 9.59 Å². The Bertz CT molecular complexity index is 394. The minimum absolute atomic E-state index is 0.219. The Labute approximate surface area is 111 Å². The van der Waals surface area contributed by atoms with Crippen LogP contribution in [0.5, 0.6) is 0 Å². The van der Waals surface area contributed by atoms with Gasteiger partial charge in [0.05, 0.1) is 6.42 Å². The maximum absolute atomic E-state index is 11.7. The maximum Gasteiger partial charge on any atom is 0.196 e. The Morgan fingerprint density at radius 2 is 1.94 bits per heavy atom. The lowest BCUT2D eigenvalue weighted by Crippen LogP contribution is -2.15. The van der Waals surface area contributed by atoms with Gasteiger partial charge in [0.15, 0.2) is 10.9 Å². The van der Waals surface area contributed by atoms with Gasteiger partial charge in [-0.15, -0.1) is 0 Å². The SMILES string of the molecule is NCCCSC(=O)CC(=O)C(O)c1ccccc1. The molecule has 1 rings (SSSR count). The Kier molecular flexibility index (Phi) is 6.64. The third kappa shape index (κ3) is 5.00. The van der Waals surface area contributed by atoms with Crippen LogP contribution in [0.3, 0.4) is 0 Å². The first-order valence-corrected chi connectivity index (χ1v) is 6.75. The van der Waals surface area contributed by atoms with Crippen molar-refractivity contribution in [2.45, 2.75) is 18.9 Å². The van der Waals surface area contributed by atoms with E-state index in [0.29, 0.717) is 17.9 Å². The van der Waals surface area contributed by atoms with E-state index in [1.807, 2.05) is 0 Å². The first-order chi connectivity index (χ1) is 8.65. The van der Waals surface area contributed by atoms with Crippen LogP contribution >= 0.6 is 11.8 Å². The molecular formula is C13H17NO3S. The molecule has 98 valence electrons. The molecule has 0 aliphatic rings. The van der Waals surface area contributed by atoms with Crippen molar-refractivity contribution in [1.29, 1.82) is 0 Å². The zero-order valence-corrected chi connectivity index (χ0v) is 10.9. The molecule has 0 aliphatic heterocycles. The fraction of sp³-hybridized carbons (Fsp3) is 0.385. The number of hydrogen-bond acceptors (Lipinski definition) is 5. The van der Waals surface area contributed by atoms with Crippen LogP contribution in [0.2, 0.25) is 0 Å². The van der Waals surface area contributed by atoms with E-state index in [-0.39, 0.29) is 11.5 Å². The number of hydrogen-bond donors (Lipinski definition) is 2. The van der Waals surface area contributed by atoms with Crippen molar-refractivity contribution in [3.05, 3.63) is 35.9 Å². The minimum Gasteiger partial charge on any atom is -0.381 e. The number of carbonyl (C=O) groups excluding carboxylic acids is 2. The largest absolute Gasteiger partial charge is 0.381 e. The van der Waals surface area contributed by atoms with Gasteiger partial charge in [-0.05, 0) is 18.5 Å². The van der Waals surface area contributed by atoms with Crippen LogP contribution in [0.1, 0.15) is 24.5 Å². The summed E-state index contributed by atoms with van der Waals surface area (Å²) in [6.45, 7) is 0.529. The quantitative estimate of drug-likeness (QED) is 0.575. The molecule has 0 heterocycles. The molecular weight excluding hydrogens is 250 g/mol. The summed E-state index contributed by atoms with van der Waals surface area (Å²) in [6.07, 6.45) is -0.720. The van der Waals surface area contributed by atoms with Crippen molar-refractivity contribution >= 4 is 22.7 Å². The van der Waals surface area contributed by atoms with E-state index < -0.39 is 11.9 Å². The van der Waals surface area contributed by atoms with Gasteiger partial charge in [-0.2, -0.15) is 0 Å². The van der Waals surface area contributed by atoms with Gasteiger partial charge in [-0.25, -0.2) is 0 Å². The molecule has 0 fully saturated rings. The van der Waals surface area contributed by atoms with Crippen LogP contribution in [0.25, 0.3) is 0 Å². The highest BCUT2D eigenvalue weighted by atomic mass is 32.2. The molecule has 0 spiro atoms. The van der Waals surface area contributed by atoms with Crippen LogP contribution < -0.4 is 5.73 Å². The van der Waals surface area contributed by atoms with Crippen LogP contribution in [0, 0.1) is 0 Å². The van der Waals surface area contributed by atoms with E-state index >= 15 is 0 Å². The highest BCUT2D eigenvalue weighted by molar-refractivity contribution is 8.13. The monoisotopic (exact) mass is 267 g/mol. The first kappa shape index (κ1) is 14.9. The number of Topliss-reactive ketones (excluding diaryl/α,β-unsaturated/α-hetero) is 1. The van der Waals surface area contributed by atoms with Crippen LogP contribution in [-0.2, 0) is 9.59 Å². The van der Waals surface area contributed by atoms with Gasteiger partial charge in [0.25, 0.3) is 0 Å². The lowest BCUT2D eigenvalue weighted by atomic mass is 10.0. The number of carbonyl (C=O) groups is 2. The van der Waals surface area contributed by atoms with E-state index in [2.05, 4.69) is 0 Å². The average Bonchev–Trinajstić information content (AvgIpc) is 2.39. The number of aliphatic hydroxyl groups is 1. The summed E-state index contributed by atoms with van der Waals surface area (Å²) in [5.74, 6) is 0.149. The number of benzene rings is 1. The molecule has 0 saturated heterocycles. The van der Waals surface area contributed by atoms with E-state index in [1.165, 1.54) is 0 Å². The van der Waals surface area contributed by atoms with E-state index in [0.717, 1.165) is 18.2 Å². The van der Waals surface area contributed by atoms with Gasteiger partial charge in [0.2, 0.25) is 0 Å². The second kappa shape index (κ2) is 8.02. The van der Waals surface area contributed by atoms with Crippen molar-refractivity contribution in [3.63, 3.8) is 0 Å². The summed E-state index contributed by atoms with van der Waals surface area (Å²) in [5.41, 5.74) is 5.82.